The second-order valence-corrected chi connectivity index (χ2v) is 4.87. The van der Waals surface area contributed by atoms with E-state index in [9.17, 15) is 4.79 Å². The maximum atomic E-state index is 11.0. The van der Waals surface area contributed by atoms with Crippen molar-refractivity contribution < 1.29 is 9.90 Å². The van der Waals surface area contributed by atoms with Gasteiger partial charge in [0.1, 0.15) is 4.88 Å². The van der Waals surface area contributed by atoms with E-state index in [1.54, 1.807) is 10.1 Å². The number of hydrogen-bond acceptors (Lipinski definition) is 4. The lowest BCUT2D eigenvalue weighted by atomic mass is 10.2. The number of aryl methyl sites for hydroxylation is 2. The second-order valence-electron chi connectivity index (χ2n) is 3.95. The number of rotatable bonds is 5. The Kier molecular flexibility index (Phi) is 3.66. The third-order valence-corrected chi connectivity index (χ3v) is 3.60. The van der Waals surface area contributed by atoms with Crippen LogP contribution in [0.3, 0.4) is 0 Å². The van der Waals surface area contributed by atoms with Crippen molar-refractivity contribution in [1.82, 2.24) is 9.78 Å². The van der Waals surface area contributed by atoms with Crippen molar-refractivity contribution in [3.63, 3.8) is 0 Å². The average molecular weight is 265 g/mol. The SMILES string of the molecule is CCc1nn(C)cc1NCc1ccsc1C(=O)O. The number of nitrogens with one attached hydrogen (secondary N) is 1. The Bertz CT molecular complexity index is 559. The van der Waals surface area contributed by atoms with Crippen LogP contribution in [0.5, 0.6) is 0 Å². The lowest BCUT2D eigenvalue weighted by Crippen LogP contribution is -2.04. The predicted octanol–water partition coefficient (Wildman–Crippen LogP) is 2.35. The molecule has 0 atom stereocenters. The fraction of sp³-hybridized carbons (Fsp3) is 0.333. The molecule has 2 heterocycles. The summed E-state index contributed by atoms with van der Waals surface area (Å²) in [6, 6.07) is 1.84. The summed E-state index contributed by atoms with van der Waals surface area (Å²) in [5.74, 6) is -0.872. The largest absolute Gasteiger partial charge is 0.477 e. The van der Waals surface area contributed by atoms with Crippen molar-refractivity contribution >= 4 is 23.0 Å². The zero-order valence-electron chi connectivity index (χ0n) is 10.3. The normalized spacial score (nSPS) is 10.6. The first-order valence-electron chi connectivity index (χ1n) is 5.68. The van der Waals surface area contributed by atoms with Gasteiger partial charge in [-0.3, -0.25) is 4.68 Å². The van der Waals surface area contributed by atoms with Crippen LogP contribution in [0.4, 0.5) is 5.69 Å². The molecule has 18 heavy (non-hydrogen) atoms. The topological polar surface area (TPSA) is 67.2 Å². The highest BCUT2D eigenvalue weighted by atomic mass is 32.1. The molecule has 96 valence electrons. The fourth-order valence-corrected chi connectivity index (χ4v) is 2.56. The van der Waals surface area contributed by atoms with Gasteiger partial charge in [-0.05, 0) is 23.4 Å². The van der Waals surface area contributed by atoms with Gasteiger partial charge in [-0.1, -0.05) is 6.92 Å². The molecule has 0 radical (unpaired) electrons. The van der Waals surface area contributed by atoms with Crippen molar-refractivity contribution in [2.75, 3.05) is 5.32 Å². The maximum Gasteiger partial charge on any atom is 0.346 e. The van der Waals surface area contributed by atoms with Crippen LogP contribution in [0.15, 0.2) is 17.6 Å². The first-order chi connectivity index (χ1) is 8.61. The number of nitrogens with zero attached hydrogens (tertiary/aromatic N) is 2. The van der Waals surface area contributed by atoms with E-state index in [1.807, 2.05) is 26.2 Å². The fourth-order valence-electron chi connectivity index (χ4n) is 1.80. The first-order valence-corrected chi connectivity index (χ1v) is 6.55. The molecule has 0 aliphatic heterocycles. The molecule has 0 spiro atoms. The van der Waals surface area contributed by atoms with Crippen molar-refractivity contribution in [2.45, 2.75) is 19.9 Å². The zero-order valence-corrected chi connectivity index (χ0v) is 11.1. The minimum absolute atomic E-state index is 0.393. The van der Waals surface area contributed by atoms with Crippen LogP contribution >= 0.6 is 11.3 Å². The van der Waals surface area contributed by atoms with Gasteiger partial charge in [0.25, 0.3) is 0 Å². The highest BCUT2D eigenvalue weighted by molar-refractivity contribution is 7.12. The molecule has 0 saturated carbocycles. The molecular weight excluding hydrogens is 250 g/mol. The number of carboxylic acid groups (broad SMARTS) is 1. The Morgan fingerprint density at radius 3 is 3.06 bits per heavy atom. The van der Waals surface area contributed by atoms with Gasteiger partial charge in [0.15, 0.2) is 0 Å². The summed E-state index contributed by atoms with van der Waals surface area (Å²) < 4.78 is 1.76. The van der Waals surface area contributed by atoms with Crippen LogP contribution in [-0.2, 0) is 20.0 Å². The molecule has 0 bridgehead atoms. The van der Waals surface area contributed by atoms with Crippen LogP contribution in [0.2, 0.25) is 0 Å². The number of hydrogen-bond donors (Lipinski definition) is 2. The van der Waals surface area contributed by atoms with Gasteiger partial charge in [0.05, 0.1) is 11.4 Å². The number of thiophene rings is 1. The summed E-state index contributed by atoms with van der Waals surface area (Å²) in [6.07, 6.45) is 2.75. The van der Waals surface area contributed by atoms with Crippen LogP contribution in [0.25, 0.3) is 0 Å². The van der Waals surface area contributed by atoms with E-state index in [0.717, 1.165) is 23.4 Å². The van der Waals surface area contributed by atoms with Gasteiger partial charge in [-0.25, -0.2) is 4.79 Å². The van der Waals surface area contributed by atoms with E-state index in [2.05, 4.69) is 10.4 Å². The van der Waals surface area contributed by atoms with Crippen molar-refractivity contribution in [3.05, 3.63) is 33.8 Å². The molecule has 0 aliphatic rings. The van der Waals surface area contributed by atoms with Crippen LogP contribution in [0, 0.1) is 0 Å². The second kappa shape index (κ2) is 5.22. The molecule has 0 saturated heterocycles. The smallest absolute Gasteiger partial charge is 0.346 e. The first kappa shape index (κ1) is 12.6. The Labute approximate surface area is 109 Å². The standard InChI is InChI=1S/C12H15N3O2S/c1-3-9-10(7-15(2)14-9)13-6-8-4-5-18-11(8)12(16)17/h4-5,7,13H,3,6H2,1-2H3,(H,16,17). The molecule has 0 aromatic carbocycles. The highest BCUT2D eigenvalue weighted by Gasteiger charge is 2.12. The molecule has 0 fully saturated rings. The summed E-state index contributed by atoms with van der Waals surface area (Å²) in [4.78, 5) is 11.4. The Morgan fingerprint density at radius 1 is 1.61 bits per heavy atom. The van der Waals surface area contributed by atoms with Gasteiger partial charge in [-0.15, -0.1) is 11.3 Å². The molecule has 2 N–H and O–H groups in total. The summed E-state index contributed by atoms with van der Waals surface area (Å²) in [5.41, 5.74) is 2.76. The molecule has 0 aliphatic carbocycles. The molecular formula is C12H15N3O2S. The van der Waals surface area contributed by atoms with Crippen LogP contribution in [-0.4, -0.2) is 20.9 Å². The minimum atomic E-state index is -0.872. The Balaban J connectivity index is 2.11. The number of aromatic carboxylic acids is 1. The Morgan fingerprint density at radius 2 is 2.39 bits per heavy atom. The van der Waals surface area contributed by atoms with E-state index in [1.165, 1.54) is 11.3 Å². The molecule has 0 unspecified atom stereocenters. The lowest BCUT2D eigenvalue weighted by Gasteiger charge is -2.05. The summed E-state index contributed by atoms with van der Waals surface area (Å²) in [5, 5.41) is 18.4. The third-order valence-electron chi connectivity index (χ3n) is 2.65. The van der Waals surface area contributed by atoms with Crippen LogP contribution < -0.4 is 5.32 Å². The van der Waals surface area contributed by atoms with Crippen molar-refractivity contribution in [3.8, 4) is 0 Å². The van der Waals surface area contributed by atoms with Gasteiger partial charge in [-0.2, -0.15) is 5.10 Å². The molecule has 2 aromatic heterocycles. The molecule has 2 aromatic rings. The van der Waals surface area contributed by atoms with E-state index in [-0.39, 0.29) is 0 Å². The highest BCUT2D eigenvalue weighted by Crippen LogP contribution is 2.20. The van der Waals surface area contributed by atoms with Gasteiger partial charge < -0.3 is 10.4 Å². The van der Waals surface area contributed by atoms with Crippen molar-refractivity contribution in [1.29, 1.82) is 0 Å². The van der Waals surface area contributed by atoms with E-state index >= 15 is 0 Å². The maximum absolute atomic E-state index is 11.0. The summed E-state index contributed by atoms with van der Waals surface area (Å²) in [7, 11) is 1.87. The monoisotopic (exact) mass is 265 g/mol. The van der Waals surface area contributed by atoms with E-state index < -0.39 is 5.97 Å². The van der Waals surface area contributed by atoms with E-state index in [0.29, 0.717) is 11.4 Å². The summed E-state index contributed by atoms with van der Waals surface area (Å²) >= 11 is 1.25. The van der Waals surface area contributed by atoms with E-state index in [4.69, 9.17) is 5.11 Å². The Hall–Kier alpha value is -1.82. The molecule has 6 heteroatoms. The molecule has 0 amide bonds. The third kappa shape index (κ3) is 2.53. The number of anilines is 1. The number of carbonyl (C=O) groups is 1. The molecule has 2 rings (SSSR count). The lowest BCUT2D eigenvalue weighted by molar-refractivity contribution is 0.0701. The predicted molar refractivity (Wildman–Crippen MR) is 71.2 cm³/mol. The van der Waals surface area contributed by atoms with Crippen LogP contribution in [0.1, 0.15) is 27.9 Å². The van der Waals surface area contributed by atoms with Crippen molar-refractivity contribution in [2.24, 2.45) is 7.05 Å². The number of aromatic nitrogens is 2. The zero-order chi connectivity index (χ0) is 13.1. The average Bonchev–Trinajstić information content (AvgIpc) is 2.92. The van der Waals surface area contributed by atoms with Gasteiger partial charge >= 0.3 is 5.97 Å². The quantitative estimate of drug-likeness (QED) is 0.871. The number of carboxylic acids is 1. The summed E-state index contributed by atoms with van der Waals surface area (Å²) in [6.45, 7) is 2.55. The molecule has 5 nitrogen and oxygen atoms in total. The van der Waals surface area contributed by atoms with Gasteiger partial charge in [0.2, 0.25) is 0 Å². The van der Waals surface area contributed by atoms with Gasteiger partial charge in [0, 0.05) is 19.8 Å². The minimum Gasteiger partial charge on any atom is -0.477 e.